The molecule has 1 aliphatic rings. The molecule has 3 rings (SSSR count). The molecule has 2 aromatic carbocycles. The number of hydrogen-bond donors (Lipinski definition) is 2. The van der Waals surface area contributed by atoms with E-state index in [1.165, 1.54) is 7.11 Å². The predicted octanol–water partition coefficient (Wildman–Crippen LogP) is 3.19. The van der Waals surface area contributed by atoms with E-state index < -0.39 is 0 Å². The van der Waals surface area contributed by atoms with Crippen LogP contribution in [0, 0.1) is 12.8 Å². The van der Waals surface area contributed by atoms with Crippen molar-refractivity contribution in [3.8, 4) is 11.5 Å². The van der Waals surface area contributed by atoms with Gasteiger partial charge in [-0.15, -0.1) is 0 Å². The third kappa shape index (κ3) is 4.54. The van der Waals surface area contributed by atoms with E-state index in [2.05, 4.69) is 10.6 Å². The minimum absolute atomic E-state index is 0.0670. The summed E-state index contributed by atoms with van der Waals surface area (Å²) in [7, 11) is 3.10. The lowest BCUT2D eigenvalue weighted by Gasteiger charge is -2.17. The minimum Gasteiger partial charge on any atom is -0.497 e. The summed E-state index contributed by atoms with van der Waals surface area (Å²) < 4.78 is 10.4. The zero-order chi connectivity index (χ0) is 20.1. The summed E-state index contributed by atoms with van der Waals surface area (Å²) in [6.07, 6.45) is 0.417. The van der Waals surface area contributed by atoms with Gasteiger partial charge in [0, 0.05) is 37.2 Å². The number of methoxy groups -OCH3 is 2. The van der Waals surface area contributed by atoms with Gasteiger partial charge in [-0.2, -0.15) is 0 Å². The maximum absolute atomic E-state index is 12.3. The molecular formula is C21H25N3O4. The number of nitrogens with one attached hydrogen (secondary N) is 2. The second kappa shape index (κ2) is 8.65. The van der Waals surface area contributed by atoms with Crippen LogP contribution in [-0.2, 0) is 4.79 Å². The van der Waals surface area contributed by atoms with E-state index in [1.54, 1.807) is 30.2 Å². The van der Waals surface area contributed by atoms with Crippen LogP contribution in [-0.4, -0.2) is 39.2 Å². The Morgan fingerprint density at radius 1 is 1.14 bits per heavy atom. The Morgan fingerprint density at radius 3 is 2.57 bits per heavy atom. The number of hydrogen-bond acceptors (Lipinski definition) is 4. The van der Waals surface area contributed by atoms with Crippen LogP contribution in [0.5, 0.6) is 11.5 Å². The number of rotatable bonds is 6. The maximum atomic E-state index is 12.3. The van der Waals surface area contributed by atoms with E-state index in [9.17, 15) is 9.59 Å². The molecule has 0 saturated carbocycles. The standard InChI is InChI=1S/C21H25N3O4/c1-14-4-6-16(7-5-14)24-13-15(10-20(24)25)12-22-21(26)23-18-9-8-17(27-2)11-19(18)28-3/h4-9,11,15H,10,12-13H2,1-3H3,(H2,22,23,26). The van der Waals surface area contributed by atoms with E-state index in [0.29, 0.717) is 36.7 Å². The molecule has 1 heterocycles. The molecule has 0 radical (unpaired) electrons. The molecule has 0 aromatic heterocycles. The summed E-state index contributed by atoms with van der Waals surface area (Å²) in [4.78, 5) is 26.3. The van der Waals surface area contributed by atoms with Crippen molar-refractivity contribution in [3.05, 3.63) is 48.0 Å². The number of aryl methyl sites for hydroxylation is 1. The molecule has 28 heavy (non-hydrogen) atoms. The monoisotopic (exact) mass is 383 g/mol. The molecule has 1 saturated heterocycles. The Labute approximate surface area is 164 Å². The Bertz CT molecular complexity index is 851. The van der Waals surface area contributed by atoms with Crippen LogP contribution >= 0.6 is 0 Å². The summed E-state index contributed by atoms with van der Waals surface area (Å²) in [5, 5.41) is 5.61. The highest BCUT2D eigenvalue weighted by atomic mass is 16.5. The van der Waals surface area contributed by atoms with Gasteiger partial charge in [-0.25, -0.2) is 4.79 Å². The molecule has 0 aliphatic carbocycles. The first-order valence-electron chi connectivity index (χ1n) is 9.14. The lowest BCUT2D eigenvalue weighted by Crippen LogP contribution is -2.34. The van der Waals surface area contributed by atoms with Gasteiger partial charge in [0.2, 0.25) is 5.91 Å². The Hall–Kier alpha value is -3.22. The third-order valence-corrected chi connectivity index (χ3v) is 4.76. The first kappa shape index (κ1) is 19.5. The lowest BCUT2D eigenvalue weighted by atomic mass is 10.1. The average Bonchev–Trinajstić information content (AvgIpc) is 3.08. The molecule has 7 nitrogen and oxygen atoms in total. The molecule has 2 aromatic rings. The fraction of sp³-hybridized carbons (Fsp3) is 0.333. The molecule has 7 heteroatoms. The van der Waals surface area contributed by atoms with Crippen LogP contribution in [0.15, 0.2) is 42.5 Å². The largest absolute Gasteiger partial charge is 0.497 e. The first-order valence-corrected chi connectivity index (χ1v) is 9.14. The second-order valence-corrected chi connectivity index (χ2v) is 6.81. The molecule has 0 bridgehead atoms. The van der Waals surface area contributed by atoms with Crippen molar-refractivity contribution in [3.63, 3.8) is 0 Å². The molecule has 1 atom stereocenters. The fourth-order valence-electron chi connectivity index (χ4n) is 3.20. The summed E-state index contributed by atoms with van der Waals surface area (Å²) in [6.45, 7) is 3.02. The topological polar surface area (TPSA) is 79.9 Å². The minimum atomic E-state index is -0.343. The number of carbonyl (C=O) groups is 2. The summed E-state index contributed by atoms with van der Waals surface area (Å²) in [5.74, 6) is 1.30. The van der Waals surface area contributed by atoms with Gasteiger partial charge in [-0.05, 0) is 31.2 Å². The van der Waals surface area contributed by atoms with E-state index in [-0.39, 0.29) is 17.9 Å². The van der Waals surface area contributed by atoms with Gasteiger partial charge in [0.25, 0.3) is 0 Å². The third-order valence-electron chi connectivity index (χ3n) is 4.76. The number of carbonyl (C=O) groups excluding carboxylic acids is 2. The van der Waals surface area contributed by atoms with Crippen LogP contribution in [0.25, 0.3) is 0 Å². The van der Waals surface area contributed by atoms with Crippen molar-refractivity contribution < 1.29 is 19.1 Å². The number of nitrogens with zero attached hydrogens (tertiary/aromatic N) is 1. The van der Waals surface area contributed by atoms with Crippen molar-refractivity contribution in [1.29, 1.82) is 0 Å². The van der Waals surface area contributed by atoms with Gasteiger partial charge in [-0.1, -0.05) is 17.7 Å². The highest BCUT2D eigenvalue weighted by Crippen LogP contribution is 2.29. The predicted molar refractivity (Wildman–Crippen MR) is 108 cm³/mol. The van der Waals surface area contributed by atoms with Gasteiger partial charge >= 0.3 is 6.03 Å². The van der Waals surface area contributed by atoms with E-state index in [0.717, 1.165) is 11.3 Å². The first-order chi connectivity index (χ1) is 13.5. The fourth-order valence-corrected chi connectivity index (χ4v) is 3.20. The SMILES string of the molecule is COc1ccc(NC(=O)NCC2CC(=O)N(c3ccc(C)cc3)C2)c(OC)c1. The Balaban J connectivity index is 1.54. The summed E-state index contributed by atoms with van der Waals surface area (Å²) >= 11 is 0. The normalized spacial score (nSPS) is 16.0. The summed E-state index contributed by atoms with van der Waals surface area (Å²) in [5.41, 5.74) is 2.59. The van der Waals surface area contributed by atoms with E-state index in [1.807, 2.05) is 31.2 Å². The molecule has 3 amide bonds. The number of amides is 3. The van der Waals surface area contributed by atoms with Gasteiger partial charge in [-0.3, -0.25) is 4.79 Å². The van der Waals surface area contributed by atoms with Gasteiger partial charge in [0.15, 0.2) is 0 Å². The molecule has 0 spiro atoms. The van der Waals surface area contributed by atoms with Crippen LogP contribution in [0.3, 0.4) is 0 Å². The number of benzene rings is 2. The van der Waals surface area contributed by atoms with Crippen molar-refractivity contribution in [2.24, 2.45) is 5.92 Å². The number of anilines is 2. The van der Waals surface area contributed by atoms with Crippen LogP contribution in [0.1, 0.15) is 12.0 Å². The Morgan fingerprint density at radius 2 is 1.89 bits per heavy atom. The zero-order valence-corrected chi connectivity index (χ0v) is 16.3. The smallest absolute Gasteiger partial charge is 0.319 e. The van der Waals surface area contributed by atoms with Crippen LogP contribution < -0.4 is 25.0 Å². The van der Waals surface area contributed by atoms with E-state index in [4.69, 9.17) is 9.47 Å². The van der Waals surface area contributed by atoms with Gasteiger partial charge in [0.1, 0.15) is 11.5 Å². The molecule has 148 valence electrons. The quantitative estimate of drug-likeness (QED) is 0.803. The van der Waals surface area contributed by atoms with Crippen LogP contribution in [0.2, 0.25) is 0 Å². The molecular weight excluding hydrogens is 358 g/mol. The molecule has 1 aliphatic heterocycles. The highest BCUT2D eigenvalue weighted by molar-refractivity contribution is 5.96. The van der Waals surface area contributed by atoms with Crippen molar-refractivity contribution in [2.45, 2.75) is 13.3 Å². The molecule has 2 N–H and O–H groups in total. The van der Waals surface area contributed by atoms with Gasteiger partial charge in [0.05, 0.1) is 19.9 Å². The van der Waals surface area contributed by atoms with Crippen LogP contribution in [0.4, 0.5) is 16.2 Å². The maximum Gasteiger partial charge on any atom is 0.319 e. The summed E-state index contributed by atoms with van der Waals surface area (Å²) in [6, 6.07) is 12.7. The Kier molecular flexibility index (Phi) is 6.03. The van der Waals surface area contributed by atoms with Crippen molar-refractivity contribution >= 4 is 23.3 Å². The molecule has 1 unspecified atom stereocenters. The van der Waals surface area contributed by atoms with Crippen molar-refractivity contribution in [1.82, 2.24) is 5.32 Å². The van der Waals surface area contributed by atoms with Gasteiger partial charge < -0.3 is 25.0 Å². The number of ether oxygens (including phenoxy) is 2. The van der Waals surface area contributed by atoms with E-state index >= 15 is 0 Å². The average molecular weight is 383 g/mol. The van der Waals surface area contributed by atoms with Crippen molar-refractivity contribution in [2.75, 3.05) is 37.5 Å². The zero-order valence-electron chi connectivity index (χ0n) is 16.3. The second-order valence-electron chi connectivity index (χ2n) is 6.81. The highest BCUT2D eigenvalue weighted by Gasteiger charge is 2.30. The number of urea groups is 1. The molecule has 1 fully saturated rings. The lowest BCUT2D eigenvalue weighted by molar-refractivity contribution is -0.117.